The maximum atomic E-state index is 2.50. The third-order valence-corrected chi connectivity index (χ3v) is 13.3. The number of rotatable bonds is 7. The summed E-state index contributed by atoms with van der Waals surface area (Å²) in [7, 11) is 0. The third kappa shape index (κ3) is 5.38. The summed E-state index contributed by atoms with van der Waals surface area (Å²) < 4.78 is 0. The minimum atomic E-state index is -0.474. The van der Waals surface area contributed by atoms with Crippen LogP contribution in [0, 0.1) is 0 Å². The van der Waals surface area contributed by atoms with E-state index >= 15 is 0 Å². The van der Waals surface area contributed by atoms with Crippen molar-refractivity contribution in [2.24, 2.45) is 0 Å². The lowest BCUT2D eigenvalue weighted by Crippen LogP contribution is -2.28. The summed E-state index contributed by atoms with van der Waals surface area (Å²) in [6.07, 6.45) is 6.93. The number of hydrogen-bond donors (Lipinski definition) is 0. The van der Waals surface area contributed by atoms with Gasteiger partial charge in [-0.1, -0.05) is 201 Å². The Balaban J connectivity index is 1.15. The van der Waals surface area contributed by atoms with Crippen LogP contribution in [0.5, 0.6) is 0 Å². The highest BCUT2D eigenvalue weighted by molar-refractivity contribution is 6.00. The van der Waals surface area contributed by atoms with Gasteiger partial charge in [0.15, 0.2) is 0 Å². The van der Waals surface area contributed by atoms with Crippen LogP contribution >= 0.6 is 0 Å². The molecule has 0 heterocycles. The van der Waals surface area contributed by atoms with Crippen LogP contribution in [-0.2, 0) is 10.8 Å². The molecule has 0 atom stereocenters. The molecule has 0 amide bonds. The molecule has 59 heavy (non-hydrogen) atoms. The Bertz CT molecular complexity index is 2890. The number of para-hydroxylation sites is 1. The first-order valence-corrected chi connectivity index (χ1v) is 21.0. The second-order valence-electron chi connectivity index (χ2n) is 16.7. The fraction of sp³-hybridized carbons (Fsp3) is 0.103. The van der Waals surface area contributed by atoms with Crippen LogP contribution in [0.15, 0.2) is 218 Å². The fourth-order valence-electron chi connectivity index (χ4n) is 10.6. The van der Waals surface area contributed by atoms with Crippen molar-refractivity contribution in [2.45, 2.75) is 37.5 Å². The maximum Gasteiger partial charge on any atom is 0.0713 e. The maximum absolute atomic E-state index is 2.50. The van der Waals surface area contributed by atoms with Crippen molar-refractivity contribution in [3.05, 3.63) is 251 Å². The van der Waals surface area contributed by atoms with E-state index < -0.39 is 5.41 Å². The zero-order valence-electron chi connectivity index (χ0n) is 33.6. The minimum Gasteiger partial charge on any atom is -0.310 e. The van der Waals surface area contributed by atoms with E-state index in [0.717, 1.165) is 29.9 Å². The van der Waals surface area contributed by atoms with Gasteiger partial charge in [0.2, 0.25) is 0 Å². The molecule has 0 bridgehead atoms. The predicted octanol–water partition coefficient (Wildman–Crippen LogP) is 15.2. The Morgan fingerprint density at radius 2 is 1.02 bits per heavy atom. The van der Waals surface area contributed by atoms with E-state index in [9.17, 15) is 0 Å². The Morgan fingerprint density at radius 3 is 1.75 bits per heavy atom. The summed E-state index contributed by atoms with van der Waals surface area (Å²) in [6.45, 7) is 4.83. The molecule has 282 valence electrons. The van der Waals surface area contributed by atoms with E-state index in [1.54, 1.807) is 5.57 Å². The summed E-state index contributed by atoms with van der Waals surface area (Å²) >= 11 is 0. The van der Waals surface area contributed by atoms with E-state index in [1.165, 1.54) is 72.3 Å². The number of fused-ring (bicyclic) bond motifs is 5. The molecule has 0 fully saturated rings. The first-order chi connectivity index (χ1) is 29.0. The van der Waals surface area contributed by atoms with Crippen molar-refractivity contribution in [3.8, 4) is 33.4 Å². The first kappa shape index (κ1) is 35.2. The number of benzene rings is 8. The van der Waals surface area contributed by atoms with Gasteiger partial charge in [-0.05, 0) is 110 Å². The Morgan fingerprint density at radius 1 is 0.441 bits per heavy atom. The van der Waals surface area contributed by atoms with Gasteiger partial charge in [-0.3, -0.25) is 0 Å². The third-order valence-electron chi connectivity index (χ3n) is 13.3. The zero-order chi connectivity index (χ0) is 39.6. The second-order valence-corrected chi connectivity index (χ2v) is 16.7. The molecular weight excluding hydrogens is 711 g/mol. The average Bonchev–Trinajstić information content (AvgIpc) is 3.73. The SMILES string of the molecule is CC1(C)C2=C(C=CCC2)c2ccc(N(c3ccc(-c4ccccc4)cc3)c3ccccc3-c3cccc4c3-c3ccccc3C4(c3ccccc3)c3ccccc3)cc21. The Labute approximate surface area is 348 Å². The molecule has 0 spiro atoms. The quantitative estimate of drug-likeness (QED) is 0.157. The lowest BCUT2D eigenvalue weighted by atomic mass is 9.67. The van der Waals surface area contributed by atoms with Crippen LogP contribution in [0.25, 0.3) is 39.0 Å². The topological polar surface area (TPSA) is 3.24 Å². The number of anilines is 3. The largest absolute Gasteiger partial charge is 0.310 e. The molecule has 0 aliphatic heterocycles. The van der Waals surface area contributed by atoms with Gasteiger partial charge in [-0.2, -0.15) is 0 Å². The van der Waals surface area contributed by atoms with Crippen molar-refractivity contribution >= 4 is 22.6 Å². The highest BCUT2D eigenvalue weighted by Crippen LogP contribution is 2.59. The van der Waals surface area contributed by atoms with Crippen LogP contribution in [-0.4, -0.2) is 0 Å². The summed E-state index contributed by atoms with van der Waals surface area (Å²) in [6, 6.07) is 74.3. The monoisotopic (exact) mass is 755 g/mol. The summed E-state index contributed by atoms with van der Waals surface area (Å²) in [4.78, 5) is 2.50. The van der Waals surface area contributed by atoms with Crippen molar-refractivity contribution in [2.75, 3.05) is 4.90 Å². The Kier molecular flexibility index (Phi) is 8.27. The smallest absolute Gasteiger partial charge is 0.0713 e. The van der Waals surface area contributed by atoms with Crippen LogP contribution < -0.4 is 4.90 Å². The van der Waals surface area contributed by atoms with E-state index in [1.807, 2.05) is 0 Å². The normalized spacial score (nSPS) is 15.3. The van der Waals surface area contributed by atoms with Crippen molar-refractivity contribution < 1.29 is 0 Å². The van der Waals surface area contributed by atoms with E-state index in [-0.39, 0.29) is 5.41 Å². The van der Waals surface area contributed by atoms with E-state index in [4.69, 9.17) is 0 Å². The van der Waals surface area contributed by atoms with Crippen molar-refractivity contribution in [1.82, 2.24) is 0 Å². The molecular formula is C58H45N. The predicted molar refractivity (Wildman–Crippen MR) is 248 cm³/mol. The average molecular weight is 756 g/mol. The number of allylic oxidation sites excluding steroid dienone is 4. The second kappa shape index (κ2) is 13.9. The summed E-state index contributed by atoms with van der Waals surface area (Å²) in [5.41, 5.74) is 21.3. The Hall–Kier alpha value is -6.96. The lowest BCUT2D eigenvalue weighted by molar-refractivity contribution is 0.607. The van der Waals surface area contributed by atoms with Crippen LogP contribution in [0.4, 0.5) is 17.1 Å². The number of nitrogens with zero attached hydrogens (tertiary/aromatic N) is 1. The van der Waals surface area contributed by atoms with Crippen molar-refractivity contribution in [1.29, 1.82) is 0 Å². The zero-order valence-corrected chi connectivity index (χ0v) is 33.6. The molecule has 0 saturated carbocycles. The minimum absolute atomic E-state index is 0.0457. The first-order valence-electron chi connectivity index (χ1n) is 21.0. The summed E-state index contributed by atoms with van der Waals surface area (Å²) in [5.74, 6) is 0. The van der Waals surface area contributed by atoms with Gasteiger partial charge in [0.25, 0.3) is 0 Å². The van der Waals surface area contributed by atoms with Crippen LogP contribution in [0.2, 0.25) is 0 Å². The van der Waals surface area contributed by atoms with Crippen molar-refractivity contribution in [3.63, 3.8) is 0 Å². The molecule has 0 radical (unpaired) electrons. The van der Waals surface area contributed by atoms with Gasteiger partial charge in [0.05, 0.1) is 11.1 Å². The van der Waals surface area contributed by atoms with Gasteiger partial charge in [0, 0.05) is 22.4 Å². The van der Waals surface area contributed by atoms with E-state index in [2.05, 4.69) is 231 Å². The molecule has 1 heteroatoms. The van der Waals surface area contributed by atoms with Gasteiger partial charge < -0.3 is 4.90 Å². The molecule has 8 aromatic rings. The highest BCUT2D eigenvalue weighted by Gasteiger charge is 2.47. The molecule has 8 aromatic carbocycles. The van der Waals surface area contributed by atoms with Gasteiger partial charge in [0.1, 0.15) is 0 Å². The molecule has 3 aliphatic carbocycles. The number of hydrogen-bond acceptors (Lipinski definition) is 1. The van der Waals surface area contributed by atoms with Crippen LogP contribution in [0.3, 0.4) is 0 Å². The molecule has 0 unspecified atom stereocenters. The molecule has 3 aliphatic rings. The van der Waals surface area contributed by atoms with E-state index in [0.29, 0.717) is 0 Å². The molecule has 0 saturated heterocycles. The standard InChI is InChI=1S/C58H45N/c1-57(2)51-29-15-12-25-46(51)47-38-37-45(39-54(47)57)59(44-35-33-41(34-36-44)40-19-6-3-7-20-40)55-32-17-14-26-48(55)49-28-18-31-53-56(49)50-27-13-16-30-52(50)58(53,42-21-8-4-9-22-42)43-23-10-5-11-24-43/h3-14,16-28,30-39H,15,29H2,1-2H3. The van der Waals surface area contributed by atoms with Gasteiger partial charge in [-0.25, -0.2) is 0 Å². The van der Waals surface area contributed by atoms with Gasteiger partial charge >= 0.3 is 0 Å². The molecule has 0 N–H and O–H groups in total. The molecule has 0 aromatic heterocycles. The van der Waals surface area contributed by atoms with Crippen LogP contribution in [0.1, 0.15) is 60.1 Å². The van der Waals surface area contributed by atoms with Gasteiger partial charge in [-0.15, -0.1) is 0 Å². The molecule has 1 nitrogen and oxygen atoms in total. The lowest BCUT2D eigenvalue weighted by Gasteiger charge is -2.34. The summed E-state index contributed by atoms with van der Waals surface area (Å²) in [5, 5.41) is 0. The highest BCUT2D eigenvalue weighted by atomic mass is 15.1. The fourth-order valence-corrected chi connectivity index (χ4v) is 10.6. The molecule has 11 rings (SSSR count).